The molecule has 2 saturated heterocycles. The highest BCUT2D eigenvalue weighted by atomic mass is 16.4. The zero-order valence-corrected chi connectivity index (χ0v) is 15.7. The van der Waals surface area contributed by atoms with E-state index in [1.54, 1.807) is 0 Å². The molecule has 0 radical (unpaired) electrons. The molecule has 1 amide bonds. The lowest BCUT2D eigenvalue weighted by atomic mass is 9.85. The van der Waals surface area contributed by atoms with Crippen molar-refractivity contribution in [2.75, 3.05) is 32.8 Å². The summed E-state index contributed by atoms with van der Waals surface area (Å²) in [5.74, 6) is 0.945. The van der Waals surface area contributed by atoms with Gasteiger partial charge in [0.1, 0.15) is 0 Å². The van der Waals surface area contributed by atoms with Crippen LogP contribution in [0.2, 0.25) is 0 Å². The predicted molar refractivity (Wildman–Crippen MR) is 105 cm³/mol. The lowest BCUT2D eigenvalue weighted by molar-refractivity contribution is 0.0345. The van der Waals surface area contributed by atoms with E-state index >= 15 is 0 Å². The zero-order chi connectivity index (χ0) is 18.8. The van der Waals surface area contributed by atoms with Gasteiger partial charge in [0.05, 0.1) is 6.61 Å². The minimum Gasteiger partial charge on any atom is -0.465 e. The average Bonchev–Trinajstić information content (AvgIpc) is 3.14. The van der Waals surface area contributed by atoms with E-state index in [-0.39, 0.29) is 12.6 Å². The fourth-order valence-electron chi connectivity index (χ4n) is 5.01. The van der Waals surface area contributed by atoms with Gasteiger partial charge in [0, 0.05) is 36.2 Å². The molecule has 6 heteroatoms. The van der Waals surface area contributed by atoms with Gasteiger partial charge < -0.3 is 20.1 Å². The van der Waals surface area contributed by atoms with Crippen LogP contribution in [0.4, 0.5) is 4.79 Å². The van der Waals surface area contributed by atoms with Crippen molar-refractivity contribution < 1.29 is 15.0 Å². The average molecular weight is 371 g/mol. The molecule has 6 nitrogen and oxygen atoms in total. The summed E-state index contributed by atoms with van der Waals surface area (Å²) in [4.78, 5) is 18.4. The van der Waals surface area contributed by atoms with Gasteiger partial charge in [-0.1, -0.05) is 18.2 Å². The maximum absolute atomic E-state index is 11.1. The second-order valence-electron chi connectivity index (χ2n) is 7.96. The van der Waals surface area contributed by atoms with E-state index in [1.807, 2.05) is 0 Å². The number of likely N-dealkylation sites (tertiary alicyclic amines) is 2. The number of para-hydroxylation sites is 1. The van der Waals surface area contributed by atoms with Crippen molar-refractivity contribution in [3.05, 3.63) is 36.0 Å². The predicted octanol–water partition coefficient (Wildman–Crippen LogP) is 3.10. The number of rotatable bonds is 4. The van der Waals surface area contributed by atoms with Crippen LogP contribution in [0.1, 0.15) is 37.2 Å². The molecule has 146 valence electrons. The van der Waals surface area contributed by atoms with Crippen LogP contribution in [-0.4, -0.2) is 69.9 Å². The molecule has 2 aliphatic heterocycles. The van der Waals surface area contributed by atoms with E-state index in [0.717, 1.165) is 38.8 Å². The van der Waals surface area contributed by atoms with Crippen molar-refractivity contribution in [3.8, 4) is 0 Å². The van der Waals surface area contributed by atoms with Gasteiger partial charge >= 0.3 is 6.09 Å². The Morgan fingerprint density at radius 2 is 1.81 bits per heavy atom. The van der Waals surface area contributed by atoms with Crippen LogP contribution in [0.25, 0.3) is 10.9 Å². The van der Waals surface area contributed by atoms with E-state index in [0.29, 0.717) is 24.9 Å². The highest BCUT2D eigenvalue weighted by Crippen LogP contribution is 2.35. The summed E-state index contributed by atoms with van der Waals surface area (Å²) in [6.07, 6.45) is 5.24. The van der Waals surface area contributed by atoms with Crippen LogP contribution in [0.3, 0.4) is 0 Å². The monoisotopic (exact) mass is 371 g/mol. The molecule has 0 bridgehead atoms. The lowest BCUT2D eigenvalue weighted by Gasteiger charge is -2.42. The number of aromatic amines is 1. The number of nitrogens with zero attached hydrogens (tertiary/aromatic N) is 2. The number of amides is 1. The van der Waals surface area contributed by atoms with Crippen molar-refractivity contribution in [3.63, 3.8) is 0 Å². The van der Waals surface area contributed by atoms with E-state index in [2.05, 4.69) is 40.3 Å². The van der Waals surface area contributed by atoms with Gasteiger partial charge in [-0.3, -0.25) is 4.90 Å². The molecule has 2 aromatic rings. The smallest absolute Gasteiger partial charge is 0.407 e. The maximum Gasteiger partial charge on any atom is 0.407 e. The topological polar surface area (TPSA) is 79.8 Å². The molecular weight excluding hydrogens is 342 g/mol. The van der Waals surface area contributed by atoms with Gasteiger partial charge in [0.15, 0.2) is 0 Å². The normalized spacial score (nSPS) is 21.6. The van der Waals surface area contributed by atoms with Crippen LogP contribution >= 0.6 is 0 Å². The van der Waals surface area contributed by atoms with Crippen LogP contribution in [-0.2, 0) is 0 Å². The molecule has 2 aliphatic rings. The Morgan fingerprint density at radius 1 is 1.11 bits per heavy atom. The van der Waals surface area contributed by atoms with Crippen molar-refractivity contribution in [2.24, 2.45) is 5.92 Å². The quantitative estimate of drug-likeness (QED) is 0.772. The molecule has 1 atom stereocenters. The van der Waals surface area contributed by atoms with Crippen LogP contribution in [0.15, 0.2) is 30.5 Å². The summed E-state index contributed by atoms with van der Waals surface area (Å²) in [5, 5.41) is 20.5. The molecular formula is C21H29N3O3. The first-order valence-electron chi connectivity index (χ1n) is 10.1. The Hall–Kier alpha value is -2.05. The first-order chi connectivity index (χ1) is 13.2. The summed E-state index contributed by atoms with van der Waals surface area (Å²) in [6.45, 7) is 3.32. The second kappa shape index (κ2) is 7.90. The third kappa shape index (κ3) is 3.69. The Morgan fingerprint density at radius 3 is 2.48 bits per heavy atom. The number of hydrogen-bond acceptors (Lipinski definition) is 3. The first-order valence-corrected chi connectivity index (χ1v) is 10.1. The van der Waals surface area contributed by atoms with Gasteiger partial charge in [0.2, 0.25) is 0 Å². The molecule has 1 unspecified atom stereocenters. The van der Waals surface area contributed by atoms with Crippen molar-refractivity contribution in [1.82, 2.24) is 14.8 Å². The van der Waals surface area contributed by atoms with Gasteiger partial charge in [-0.05, 0) is 62.2 Å². The molecule has 2 fully saturated rings. The lowest BCUT2D eigenvalue weighted by Crippen LogP contribution is -2.50. The summed E-state index contributed by atoms with van der Waals surface area (Å²) in [7, 11) is 0. The number of piperidine rings is 2. The molecule has 27 heavy (non-hydrogen) atoms. The summed E-state index contributed by atoms with van der Waals surface area (Å²) >= 11 is 0. The van der Waals surface area contributed by atoms with Gasteiger partial charge in [-0.2, -0.15) is 0 Å². The molecule has 0 spiro atoms. The number of carboxylic acid groups (broad SMARTS) is 1. The van der Waals surface area contributed by atoms with Gasteiger partial charge in [-0.25, -0.2) is 4.79 Å². The van der Waals surface area contributed by atoms with Crippen molar-refractivity contribution >= 4 is 17.0 Å². The third-order valence-electron chi connectivity index (χ3n) is 6.60. The molecule has 3 heterocycles. The summed E-state index contributed by atoms with van der Waals surface area (Å²) in [6, 6.07) is 8.64. The Balaban J connectivity index is 1.37. The minimum absolute atomic E-state index is 0.157. The number of carbonyl (C=O) groups is 1. The van der Waals surface area contributed by atoms with E-state index < -0.39 is 6.09 Å². The van der Waals surface area contributed by atoms with Crippen molar-refractivity contribution in [2.45, 2.75) is 37.6 Å². The number of fused-ring (bicyclic) bond motifs is 1. The number of benzene rings is 1. The standard InChI is InChI=1S/C21H29N3O3/c25-14-20(16-7-11-24(12-8-16)21(26)27)23-9-5-15(6-10-23)18-13-22-19-4-2-1-3-17(18)19/h1-4,13,15-16,20,22,25H,5-12,14H2,(H,26,27). The molecule has 0 aliphatic carbocycles. The number of aliphatic hydroxyl groups is 1. The van der Waals surface area contributed by atoms with Crippen LogP contribution < -0.4 is 0 Å². The summed E-state index contributed by atoms with van der Waals surface area (Å²) < 4.78 is 0. The second-order valence-corrected chi connectivity index (χ2v) is 7.96. The molecule has 0 saturated carbocycles. The Kier molecular flexibility index (Phi) is 5.36. The number of aliphatic hydroxyl groups excluding tert-OH is 1. The fraction of sp³-hybridized carbons (Fsp3) is 0.571. The first kappa shape index (κ1) is 18.3. The Labute approximate surface area is 159 Å². The fourth-order valence-corrected chi connectivity index (χ4v) is 5.01. The van der Waals surface area contributed by atoms with E-state index in [9.17, 15) is 9.90 Å². The minimum atomic E-state index is -0.825. The molecule has 3 N–H and O–H groups in total. The Bertz CT molecular complexity index is 774. The molecule has 1 aromatic heterocycles. The maximum atomic E-state index is 11.1. The number of aromatic nitrogens is 1. The van der Waals surface area contributed by atoms with Crippen molar-refractivity contribution in [1.29, 1.82) is 0 Å². The van der Waals surface area contributed by atoms with Crippen LogP contribution in [0.5, 0.6) is 0 Å². The van der Waals surface area contributed by atoms with E-state index in [1.165, 1.54) is 21.4 Å². The van der Waals surface area contributed by atoms with Gasteiger partial charge in [-0.15, -0.1) is 0 Å². The highest BCUT2D eigenvalue weighted by molar-refractivity contribution is 5.83. The number of H-pyrrole nitrogens is 1. The number of nitrogens with one attached hydrogen (secondary N) is 1. The third-order valence-corrected chi connectivity index (χ3v) is 6.60. The highest BCUT2D eigenvalue weighted by Gasteiger charge is 2.34. The summed E-state index contributed by atoms with van der Waals surface area (Å²) in [5.41, 5.74) is 2.62. The largest absolute Gasteiger partial charge is 0.465 e. The molecule has 1 aromatic carbocycles. The zero-order valence-electron chi connectivity index (χ0n) is 15.7. The molecule has 4 rings (SSSR count). The van der Waals surface area contributed by atoms with Gasteiger partial charge in [0.25, 0.3) is 0 Å². The van der Waals surface area contributed by atoms with Crippen LogP contribution in [0, 0.1) is 5.92 Å². The SMILES string of the molecule is O=C(O)N1CCC(C(CO)N2CCC(c3c[nH]c4ccccc34)CC2)CC1. The number of hydrogen-bond donors (Lipinski definition) is 3. The van der Waals surface area contributed by atoms with E-state index in [4.69, 9.17) is 5.11 Å².